The Hall–Kier alpha value is -0.0268. The van der Waals surface area contributed by atoms with E-state index in [0.29, 0.717) is 13.8 Å². The van der Waals surface area contributed by atoms with Gasteiger partial charge in [0.15, 0.2) is 0 Å². The van der Waals surface area contributed by atoms with Gasteiger partial charge in [-0.15, -0.1) is 0 Å². The number of fused-ring (bicyclic) bond motifs is 10. The van der Waals surface area contributed by atoms with Crippen molar-refractivity contribution < 1.29 is 6.51 Å². The van der Waals surface area contributed by atoms with E-state index in [0.717, 1.165) is 53.7 Å². The van der Waals surface area contributed by atoms with E-state index in [4.69, 9.17) is 19.9 Å². The van der Waals surface area contributed by atoms with Gasteiger partial charge in [0.1, 0.15) is 0 Å². The molecular weight excluding hydrogens is 710 g/mol. The van der Waals surface area contributed by atoms with Crippen LogP contribution in [0.2, 0.25) is 84.7 Å². The summed E-state index contributed by atoms with van der Waals surface area (Å²) >= 11 is 0. The molecule has 10 aliphatic heterocycles. The van der Waals surface area contributed by atoms with Crippen LogP contribution in [-0.4, -0.2) is 53.1 Å². The molecular formula is C40H58FeN4P2Si2. The summed E-state index contributed by atoms with van der Waals surface area (Å²) in [5.74, 6) is 6.31. The molecule has 4 bridgehead atoms. The quantitative estimate of drug-likeness (QED) is 0.198. The van der Waals surface area contributed by atoms with E-state index in [9.17, 15) is 0 Å². The van der Waals surface area contributed by atoms with Gasteiger partial charge in [-0.05, 0) is 0 Å². The molecule has 4 nitrogen and oxygen atoms in total. The van der Waals surface area contributed by atoms with Crippen LogP contribution in [0.15, 0.2) is 36.9 Å². The molecule has 0 amide bonds. The molecule has 16 rings (SSSR count). The minimum absolute atomic E-state index is 0.130. The fourth-order valence-electron chi connectivity index (χ4n) is 30.7. The zero-order valence-electron chi connectivity index (χ0n) is 31.2. The molecule has 12 heterocycles. The van der Waals surface area contributed by atoms with Crippen LogP contribution in [0.25, 0.3) is 0 Å². The first-order valence-corrected chi connectivity index (χ1v) is 35.3. The van der Waals surface area contributed by atoms with Gasteiger partial charge in [-0.3, -0.25) is 0 Å². The molecule has 2 aromatic heterocycles. The van der Waals surface area contributed by atoms with Gasteiger partial charge in [-0.1, -0.05) is 0 Å². The van der Waals surface area contributed by atoms with Crippen LogP contribution in [0.1, 0.15) is 64.5 Å². The molecule has 49 heavy (non-hydrogen) atoms. The number of nitrogens with zero attached hydrogens (tertiary/aromatic N) is 4. The van der Waals surface area contributed by atoms with Gasteiger partial charge in [0.2, 0.25) is 0 Å². The third kappa shape index (κ3) is 0.814. The second kappa shape index (κ2) is 4.64. The van der Waals surface area contributed by atoms with E-state index in [1.165, 1.54) is 24.1 Å². The molecule has 0 aromatic carbocycles. The fraction of sp³-hybridized carbons (Fsp3) is 0.800. The average Bonchev–Trinajstić information content (AvgIpc) is 3.98. The second-order valence-electron chi connectivity index (χ2n) is 25.2. The number of aromatic nitrogens is 4. The Kier molecular flexibility index (Phi) is 2.69. The molecule has 1 spiro atoms. The number of hydrogen-bond donors (Lipinski definition) is 0. The van der Waals surface area contributed by atoms with Crippen molar-refractivity contribution in [2.24, 2.45) is 23.7 Å². The maximum absolute atomic E-state index is 5.33. The molecule has 7 atom stereocenters. The third-order valence-electron chi connectivity index (χ3n) is 25.8. The van der Waals surface area contributed by atoms with E-state index in [-0.39, 0.29) is 13.1 Å². The van der Waals surface area contributed by atoms with Gasteiger partial charge in [0.25, 0.3) is 0 Å². The fourth-order valence-corrected chi connectivity index (χ4v) is 177. The van der Waals surface area contributed by atoms with E-state index in [1.807, 2.05) is 12.1 Å². The maximum atomic E-state index is 5.33. The van der Waals surface area contributed by atoms with Crippen LogP contribution in [0.5, 0.6) is 0 Å². The summed E-state index contributed by atoms with van der Waals surface area (Å²) in [6.07, 6.45) is 17.7. The molecule has 4 aliphatic carbocycles. The summed E-state index contributed by atoms with van der Waals surface area (Å²) in [4.78, 5) is 28.3. The first-order valence-electron chi connectivity index (χ1n) is 20.1. The molecule has 4 saturated carbocycles. The summed E-state index contributed by atoms with van der Waals surface area (Å²) in [6.45, 7) is 21.2. The molecule has 264 valence electrons. The van der Waals surface area contributed by atoms with E-state index in [2.05, 4.69) is 94.1 Å². The Morgan fingerprint density at radius 2 is 1.18 bits per heavy atom. The monoisotopic (exact) mass is 768 g/mol. The van der Waals surface area contributed by atoms with Crippen LogP contribution in [-0.2, 0) is 11.7 Å². The second-order valence-corrected chi connectivity index (χ2v) is 63.4. The predicted octanol–water partition coefficient (Wildman–Crippen LogP) is 11.1. The van der Waals surface area contributed by atoms with Crippen molar-refractivity contribution in [1.82, 2.24) is 19.9 Å². The Balaban J connectivity index is 1.08. The third-order valence-corrected chi connectivity index (χ3v) is 94.3. The molecule has 2 aromatic rings. The summed E-state index contributed by atoms with van der Waals surface area (Å²) in [7, 11) is 0.343. The molecule has 9 heteroatoms. The molecule has 14 aliphatic rings. The van der Waals surface area contributed by atoms with Gasteiger partial charge in [0.05, 0.1) is 0 Å². The Labute approximate surface area is 290 Å². The first-order chi connectivity index (χ1) is 22.8. The summed E-state index contributed by atoms with van der Waals surface area (Å²) in [5.41, 5.74) is 1.02. The zero-order valence-corrected chi connectivity index (χ0v) is 36.4. The first kappa shape index (κ1) is 28.4. The van der Waals surface area contributed by atoms with Crippen molar-refractivity contribution in [2.75, 3.05) is 6.16 Å². The predicted molar refractivity (Wildman–Crippen MR) is 207 cm³/mol. The van der Waals surface area contributed by atoms with Crippen molar-refractivity contribution in [2.45, 2.75) is 154 Å². The summed E-state index contributed by atoms with van der Waals surface area (Å²) in [5, 5.41) is 0.0584. The van der Waals surface area contributed by atoms with Gasteiger partial charge >= 0.3 is 292 Å². The van der Waals surface area contributed by atoms with Crippen molar-refractivity contribution in [1.29, 1.82) is 0 Å². The Morgan fingerprint density at radius 3 is 1.55 bits per heavy atom. The molecule has 14 fully saturated rings. The summed E-state index contributed by atoms with van der Waals surface area (Å²) in [6, 6.07) is 4.10. The van der Waals surface area contributed by atoms with Crippen molar-refractivity contribution in [3.8, 4) is 0 Å². The molecule has 0 N–H and O–H groups in total. The van der Waals surface area contributed by atoms with Crippen LogP contribution < -0.4 is 0 Å². The van der Waals surface area contributed by atoms with Crippen LogP contribution in [0.3, 0.4) is 0 Å². The van der Waals surface area contributed by atoms with Crippen molar-refractivity contribution >= 4 is 33.3 Å². The zero-order chi connectivity index (χ0) is 33.7. The summed E-state index contributed by atoms with van der Waals surface area (Å²) < 4.78 is 2.56. The van der Waals surface area contributed by atoms with Crippen molar-refractivity contribution in [3.63, 3.8) is 0 Å². The van der Waals surface area contributed by atoms with Crippen LogP contribution in [0, 0.1) is 23.7 Å². The molecule has 7 unspecified atom stereocenters. The Morgan fingerprint density at radius 1 is 0.735 bits per heavy atom. The van der Waals surface area contributed by atoms with Crippen LogP contribution in [0.4, 0.5) is 0 Å². The van der Waals surface area contributed by atoms with Crippen LogP contribution >= 0.6 is 17.2 Å². The van der Waals surface area contributed by atoms with Gasteiger partial charge in [-0.2, -0.15) is 0 Å². The van der Waals surface area contributed by atoms with E-state index in [1.54, 1.807) is 38.3 Å². The average molecular weight is 769 g/mol. The Bertz CT molecular complexity index is 2320. The van der Waals surface area contributed by atoms with Gasteiger partial charge in [0, 0.05) is 0 Å². The normalized spacial score (nSPS) is 66.9. The van der Waals surface area contributed by atoms with Crippen molar-refractivity contribution in [3.05, 3.63) is 48.6 Å². The topological polar surface area (TPSA) is 51.6 Å². The molecule has 10 saturated heterocycles. The standard InChI is InChI=1S/C35H53N4P2Si2.C5H5.Fe/c1-34(2,3)41(30-25-17-23-16-24(19-25)20-26(30)18-23)22-27-28(21-29(42(4,5)6)31(27)43(7,8)9)35(40,32-36-12-10-13-37-32)33-38-14-11-15-39-33;1-2-4-5-3-1;/h10-15,21,23-26,30H,16-20,22,40H2,1-9H3;1-5H;. The van der Waals surface area contributed by atoms with Gasteiger partial charge < -0.3 is 0 Å². The van der Waals surface area contributed by atoms with Gasteiger partial charge in [-0.25, -0.2) is 0 Å². The van der Waals surface area contributed by atoms with E-state index >= 15 is 0 Å². The number of rotatable bonds is 8. The van der Waals surface area contributed by atoms with E-state index < -0.39 is 22.7 Å². The molecule has 0 radical (unpaired) electrons. The SMILES string of the molecule is CC(C)(C)P(C[C]12[C]3(C(P)(c4ncccn4)c4ncccn4)[CH]4[C]5([Si](C)(C)C)[C]1([Si](C)(C)C)[Fe]42351678[CH]2[CH]1[CH]6[CH]7[CH]28)C1C2CC3CC(C2)CC1C3. The minimum atomic E-state index is -4.62. The number of hydrogen-bond acceptors (Lipinski definition) is 4.